The fourth-order valence-corrected chi connectivity index (χ4v) is 4.16. The van der Waals surface area contributed by atoms with E-state index in [1.54, 1.807) is 32.1 Å². The summed E-state index contributed by atoms with van der Waals surface area (Å²) in [4.78, 5) is 12.1. The van der Waals surface area contributed by atoms with E-state index in [4.69, 9.17) is 0 Å². The molecule has 1 amide bonds. The second-order valence-corrected chi connectivity index (χ2v) is 8.52. The molecule has 0 aliphatic heterocycles. The lowest BCUT2D eigenvalue weighted by Crippen LogP contribution is -2.31. The fourth-order valence-electron chi connectivity index (χ4n) is 2.66. The van der Waals surface area contributed by atoms with Gasteiger partial charge in [0, 0.05) is 18.7 Å². The molecule has 2 aromatic carbocycles. The molecular weight excluding hydrogens is 360 g/mol. The summed E-state index contributed by atoms with van der Waals surface area (Å²) in [6, 6.07) is 14.9. The van der Waals surface area contributed by atoms with Gasteiger partial charge < -0.3 is 5.32 Å². The molecule has 5 nitrogen and oxygen atoms in total. The molecule has 27 heavy (non-hydrogen) atoms. The Kier molecular flexibility index (Phi) is 7.33. The van der Waals surface area contributed by atoms with Gasteiger partial charge in [0.1, 0.15) is 0 Å². The molecule has 0 atom stereocenters. The van der Waals surface area contributed by atoms with Crippen LogP contribution in [0.3, 0.4) is 0 Å². The predicted molar refractivity (Wildman–Crippen MR) is 109 cm³/mol. The summed E-state index contributed by atoms with van der Waals surface area (Å²) in [6.45, 7) is 5.83. The Hall–Kier alpha value is -2.44. The van der Waals surface area contributed by atoms with E-state index < -0.39 is 10.0 Å². The number of rotatable bonds is 8. The SMILES string of the molecule is Cc1cccc(/C=C/C(=O)NCc2ccccc2CS(=O)(=O)NC(C)C)c1. The maximum absolute atomic E-state index is 12.2. The third kappa shape index (κ3) is 7.37. The first kappa shape index (κ1) is 20.9. The first-order valence-corrected chi connectivity index (χ1v) is 10.5. The lowest BCUT2D eigenvalue weighted by molar-refractivity contribution is -0.116. The van der Waals surface area contributed by atoms with E-state index in [0.717, 1.165) is 16.7 Å². The number of amides is 1. The van der Waals surface area contributed by atoms with Gasteiger partial charge in [-0.3, -0.25) is 4.79 Å². The molecule has 0 unspecified atom stereocenters. The quantitative estimate of drug-likeness (QED) is 0.685. The number of nitrogens with one attached hydrogen (secondary N) is 2. The van der Waals surface area contributed by atoms with E-state index >= 15 is 0 Å². The zero-order valence-corrected chi connectivity index (χ0v) is 16.7. The van der Waals surface area contributed by atoms with Crippen LogP contribution in [0.2, 0.25) is 0 Å². The fraction of sp³-hybridized carbons (Fsp3) is 0.286. The van der Waals surface area contributed by atoms with Gasteiger partial charge in [-0.15, -0.1) is 0 Å². The minimum absolute atomic E-state index is 0.115. The molecule has 0 spiro atoms. The highest BCUT2D eigenvalue weighted by molar-refractivity contribution is 7.88. The van der Waals surface area contributed by atoms with E-state index in [1.807, 2.05) is 43.3 Å². The number of hydrogen-bond acceptors (Lipinski definition) is 3. The Labute approximate surface area is 161 Å². The Balaban J connectivity index is 2.00. The molecule has 0 heterocycles. The van der Waals surface area contributed by atoms with Crippen molar-refractivity contribution in [3.63, 3.8) is 0 Å². The summed E-state index contributed by atoms with van der Waals surface area (Å²) in [7, 11) is -3.42. The van der Waals surface area contributed by atoms with Crippen LogP contribution in [0.1, 0.15) is 36.1 Å². The highest BCUT2D eigenvalue weighted by atomic mass is 32.2. The van der Waals surface area contributed by atoms with Crippen LogP contribution in [0, 0.1) is 6.92 Å². The smallest absolute Gasteiger partial charge is 0.244 e. The van der Waals surface area contributed by atoms with Crippen molar-refractivity contribution in [2.75, 3.05) is 0 Å². The summed E-state index contributed by atoms with van der Waals surface area (Å²) in [5, 5.41) is 2.81. The number of carbonyl (C=O) groups excluding carboxylic acids is 1. The molecule has 2 N–H and O–H groups in total. The summed E-state index contributed by atoms with van der Waals surface area (Å²) >= 11 is 0. The molecule has 0 aromatic heterocycles. The van der Waals surface area contributed by atoms with Gasteiger partial charge in [-0.25, -0.2) is 13.1 Å². The minimum Gasteiger partial charge on any atom is -0.348 e. The molecule has 2 rings (SSSR count). The monoisotopic (exact) mass is 386 g/mol. The molecule has 0 bridgehead atoms. The molecule has 0 radical (unpaired) electrons. The first-order valence-electron chi connectivity index (χ1n) is 8.84. The number of benzene rings is 2. The summed E-state index contributed by atoms with van der Waals surface area (Å²) < 4.78 is 26.9. The van der Waals surface area contributed by atoms with Crippen molar-refractivity contribution in [3.8, 4) is 0 Å². The lowest BCUT2D eigenvalue weighted by atomic mass is 10.1. The zero-order chi connectivity index (χ0) is 19.9. The first-order chi connectivity index (χ1) is 12.7. The number of hydrogen-bond donors (Lipinski definition) is 2. The minimum atomic E-state index is -3.42. The van der Waals surface area contributed by atoms with Gasteiger partial charge >= 0.3 is 0 Å². The van der Waals surface area contributed by atoms with Gasteiger partial charge in [0.15, 0.2) is 0 Å². The number of carbonyl (C=O) groups is 1. The highest BCUT2D eigenvalue weighted by Crippen LogP contribution is 2.12. The van der Waals surface area contributed by atoms with Gasteiger partial charge in [-0.05, 0) is 43.5 Å². The van der Waals surface area contributed by atoms with Crippen molar-refractivity contribution in [1.29, 1.82) is 0 Å². The van der Waals surface area contributed by atoms with Crippen LogP contribution in [-0.2, 0) is 27.1 Å². The predicted octanol–water partition coefficient (Wildman–Crippen LogP) is 3.15. The van der Waals surface area contributed by atoms with Crippen molar-refractivity contribution in [2.24, 2.45) is 0 Å². The Bertz CT molecular complexity index is 919. The maximum atomic E-state index is 12.2. The average Bonchev–Trinajstić information content (AvgIpc) is 2.58. The van der Waals surface area contributed by atoms with E-state index in [9.17, 15) is 13.2 Å². The molecule has 2 aromatic rings. The molecule has 0 saturated heterocycles. The largest absolute Gasteiger partial charge is 0.348 e. The van der Waals surface area contributed by atoms with Crippen LogP contribution in [-0.4, -0.2) is 20.4 Å². The molecular formula is C21H26N2O3S. The normalized spacial score (nSPS) is 11.9. The van der Waals surface area contributed by atoms with E-state index in [-0.39, 0.29) is 24.2 Å². The molecule has 0 aliphatic carbocycles. The van der Waals surface area contributed by atoms with Crippen molar-refractivity contribution < 1.29 is 13.2 Å². The summed E-state index contributed by atoms with van der Waals surface area (Å²) in [5.74, 6) is -0.342. The molecule has 0 aliphatic rings. The summed E-state index contributed by atoms with van der Waals surface area (Å²) in [6.07, 6.45) is 3.24. The molecule has 0 fully saturated rings. The average molecular weight is 387 g/mol. The van der Waals surface area contributed by atoms with Crippen LogP contribution in [0.5, 0.6) is 0 Å². The van der Waals surface area contributed by atoms with Gasteiger partial charge in [0.25, 0.3) is 0 Å². The van der Waals surface area contributed by atoms with E-state index in [2.05, 4.69) is 10.0 Å². The maximum Gasteiger partial charge on any atom is 0.244 e. The lowest BCUT2D eigenvalue weighted by Gasteiger charge is -2.13. The van der Waals surface area contributed by atoms with Crippen molar-refractivity contribution in [1.82, 2.24) is 10.0 Å². The Morgan fingerprint density at radius 1 is 1.07 bits per heavy atom. The number of aryl methyl sites for hydroxylation is 1. The van der Waals surface area contributed by atoms with Crippen LogP contribution >= 0.6 is 0 Å². The topological polar surface area (TPSA) is 75.3 Å². The second kappa shape index (κ2) is 9.48. The molecule has 6 heteroatoms. The van der Waals surface area contributed by atoms with Crippen LogP contribution < -0.4 is 10.0 Å². The number of sulfonamides is 1. The van der Waals surface area contributed by atoms with Crippen molar-refractivity contribution in [2.45, 2.75) is 39.1 Å². The third-order valence-electron chi connectivity index (χ3n) is 3.80. The van der Waals surface area contributed by atoms with Gasteiger partial charge in [0.2, 0.25) is 15.9 Å². The van der Waals surface area contributed by atoms with Crippen LogP contribution in [0.15, 0.2) is 54.6 Å². The summed E-state index contributed by atoms with van der Waals surface area (Å²) in [5.41, 5.74) is 3.54. The van der Waals surface area contributed by atoms with Crippen molar-refractivity contribution >= 4 is 22.0 Å². The van der Waals surface area contributed by atoms with Gasteiger partial charge in [-0.1, -0.05) is 54.1 Å². The Morgan fingerprint density at radius 2 is 1.78 bits per heavy atom. The van der Waals surface area contributed by atoms with E-state index in [1.165, 1.54) is 6.08 Å². The van der Waals surface area contributed by atoms with E-state index in [0.29, 0.717) is 5.56 Å². The van der Waals surface area contributed by atoms with Crippen LogP contribution in [0.4, 0.5) is 0 Å². The Morgan fingerprint density at radius 3 is 2.44 bits per heavy atom. The molecule has 0 saturated carbocycles. The molecule has 144 valence electrons. The standard InChI is InChI=1S/C21H26N2O3S/c1-16(2)23-27(25,26)15-20-10-5-4-9-19(20)14-22-21(24)12-11-18-8-6-7-17(3)13-18/h4-13,16,23H,14-15H2,1-3H3,(H,22,24)/b12-11+. The van der Waals surface area contributed by atoms with Crippen molar-refractivity contribution in [3.05, 3.63) is 76.9 Å². The highest BCUT2D eigenvalue weighted by Gasteiger charge is 2.15. The third-order valence-corrected chi connectivity index (χ3v) is 5.32. The van der Waals surface area contributed by atoms with Crippen LogP contribution in [0.25, 0.3) is 6.08 Å². The van der Waals surface area contributed by atoms with Gasteiger partial charge in [0.05, 0.1) is 5.75 Å². The zero-order valence-electron chi connectivity index (χ0n) is 15.9. The second-order valence-electron chi connectivity index (χ2n) is 6.77. The van der Waals surface area contributed by atoms with Gasteiger partial charge in [-0.2, -0.15) is 0 Å².